The van der Waals surface area contributed by atoms with Gasteiger partial charge in [-0.3, -0.25) is 4.98 Å². The monoisotopic (exact) mass is 332 g/mol. The Morgan fingerprint density at radius 3 is 2.79 bits per heavy atom. The van der Waals surface area contributed by atoms with Crippen molar-refractivity contribution in [2.45, 2.75) is 18.9 Å². The predicted octanol–water partition coefficient (Wildman–Crippen LogP) is 2.07. The number of benzene rings is 1. The van der Waals surface area contributed by atoms with E-state index < -0.39 is 0 Å². The first-order chi connectivity index (χ1) is 11.8. The van der Waals surface area contributed by atoms with Crippen LogP contribution in [-0.4, -0.2) is 47.4 Å². The highest BCUT2D eigenvalue weighted by Gasteiger charge is 2.21. The number of para-hydroxylation sites is 1. The topological polar surface area (TPSA) is 70.5 Å². The van der Waals surface area contributed by atoms with Gasteiger partial charge in [0.25, 0.3) is 0 Å². The van der Waals surface area contributed by atoms with Crippen LogP contribution in [0.4, 0.5) is 15.9 Å². The minimum Gasteiger partial charge on any atom is -0.474 e. The van der Waals surface area contributed by atoms with Crippen LogP contribution in [0.15, 0.2) is 36.7 Å². The third-order valence-electron chi connectivity index (χ3n) is 3.99. The van der Waals surface area contributed by atoms with Gasteiger partial charge >= 0.3 is 0 Å². The number of nitrogens with zero attached hydrogens (tertiary/aromatic N) is 3. The van der Waals surface area contributed by atoms with Gasteiger partial charge in [0.15, 0.2) is 5.82 Å². The van der Waals surface area contributed by atoms with Crippen molar-refractivity contribution in [2.24, 2.45) is 0 Å². The lowest BCUT2D eigenvalue weighted by Gasteiger charge is -2.33. The highest BCUT2D eigenvalue weighted by molar-refractivity contribution is 5.46. The molecule has 2 N–H and O–H groups in total. The SMILES string of the molecule is OCCOc1cncc(N2CCC(Nc3ccccc3F)CC2)n1. The lowest BCUT2D eigenvalue weighted by Crippen LogP contribution is -2.39. The Kier molecular flexibility index (Phi) is 5.43. The van der Waals surface area contributed by atoms with E-state index in [1.807, 2.05) is 6.07 Å². The summed E-state index contributed by atoms with van der Waals surface area (Å²) in [5.41, 5.74) is 0.551. The molecule has 2 aromatic rings. The molecule has 0 amide bonds. The minimum absolute atomic E-state index is 0.0565. The molecular formula is C17H21FN4O2. The third kappa shape index (κ3) is 4.11. The van der Waals surface area contributed by atoms with Gasteiger partial charge in [0.1, 0.15) is 12.4 Å². The van der Waals surface area contributed by atoms with Gasteiger partial charge in [-0.25, -0.2) is 4.39 Å². The molecule has 0 spiro atoms. The Morgan fingerprint density at radius 2 is 2.04 bits per heavy atom. The fraction of sp³-hybridized carbons (Fsp3) is 0.412. The van der Waals surface area contributed by atoms with Gasteiger partial charge in [-0.1, -0.05) is 12.1 Å². The Hall–Kier alpha value is -2.41. The lowest BCUT2D eigenvalue weighted by molar-refractivity contribution is 0.196. The summed E-state index contributed by atoms with van der Waals surface area (Å²) in [6, 6.07) is 6.97. The molecule has 0 bridgehead atoms. The molecule has 1 saturated heterocycles. The molecule has 6 nitrogen and oxygen atoms in total. The molecule has 0 unspecified atom stereocenters. The highest BCUT2D eigenvalue weighted by Crippen LogP contribution is 2.22. The molecule has 2 heterocycles. The van der Waals surface area contributed by atoms with E-state index in [9.17, 15) is 4.39 Å². The number of halogens is 1. The van der Waals surface area contributed by atoms with Crippen molar-refractivity contribution in [2.75, 3.05) is 36.5 Å². The van der Waals surface area contributed by atoms with Gasteiger partial charge in [-0.05, 0) is 25.0 Å². The van der Waals surface area contributed by atoms with E-state index in [2.05, 4.69) is 20.2 Å². The summed E-state index contributed by atoms with van der Waals surface area (Å²) in [6.07, 6.45) is 5.01. The van der Waals surface area contributed by atoms with Crippen molar-refractivity contribution >= 4 is 11.5 Å². The second kappa shape index (κ2) is 7.92. The second-order valence-electron chi connectivity index (χ2n) is 5.67. The van der Waals surface area contributed by atoms with Crippen molar-refractivity contribution in [1.82, 2.24) is 9.97 Å². The van der Waals surface area contributed by atoms with Crippen LogP contribution in [0, 0.1) is 5.82 Å². The zero-order chi connectivity index (χ0) is 16.8. The van der Waals surface area contributed by atoms with Crippen molar-refractivity contribution in [3.63, 3.8) is 0 Å². The maximum atomic E-state index is 13.7. The molecule has 24 heavy (non-hydrogen) atoms. The van der Waals surface area contributed by atoms with Crippen LogP contribution in [0.2, 0.25) is 0 Å². The largest absolute Gasteiger partial charge is 0.474 e. The normalized spacial score (nSPS) is 15.3. The zero-order valence-corrected chi connectivity index (χ0v) is 13.4. The number of piperidine rings is 1. The lowest BCUT2D eigenvalue weighted by atomic mass is 10.0. The fourth-order valence-corrected chi connectivity index (χ4v) is 2.76. The third-order valence-corrected chi connectivity index (χ3v) is 3.99. The Morgan fingerprint density at radius 1 is 1.25 bits per heavy atom. The molecule has 0 atom stereocenters. The van der Waals surface area contributed by atoms with E-state index in [0.29, 0.717) is 11.6 Å². The van der Waals surface area contributed by atoms with Crippen LogP contribution in [0.25, 0.3) is 0 Å². The van der Waals surface area contributed by atoms with Crippen molar-refractivity contribution in [3.8, 4) is 5.88 Å². The van der Waals surface area contributed by atoms with Crippen LogP contribution in [0.3, 0.4) is 0 Å². The number of aliphatic hydroxyl groups is 1. The molecule has 0 saturated carbocycles. The van der Waals surface area contributed by atoms with Gasteiger partial charge < -0.3 is 20.1 Å². The Labute approximate surface area is 140 Å². The first-order valence-electron chi connectivity index (χ1n) is 8.08. The number of rotatable bonds is 6. The van der Waals surface area contributed by atoms with Crippen LogP contribution >= 0.6 is 0 Å². The Balaban J connectivity index is 1.56. The van der Waals surface area contributed by atoms with Gasteiger partial charge in [0, 0.05) is 19.1 Å². The summed E-state index contributed by atoms with van der Waals surface area (Å²) in [7, 11) is 0. The Bertz CT molecular complexity index is 663. The standard InChI is InChI=1S/C17H21FN4O2/c18-14-3-1-2-4-15(14)20-13-5-7-22(8-6-13)16-11-19-12-17(21-16)24-10-9-23/h1-4,11-13,20,23H,5-10H2. The molecular weight excluding hydrogens is 311 g/mol. The van der Waals surface area contributed by atoms with E-state index in [1.165, 1.54) is 12.3 Å². The van der Waals surface area contributed by atoms with E-state index in [1.54, 1.807) is 18.3 Å². The molecule has 0 radical (unpaired) electrons. The number of ether oxygens (including phenoxy) is 1. The summed E-state index contributed by atoms with van der Waals surface area (Å²) in [5, 5.41) is 12.1. The molecule has 7 heteroatoms. The number of aliphatic hydroxyl groups excluding tert-OH is 1. The minimum atomic E-state index is -0.223. The molecule has 1 aromatic heterocycles. The summed E-state index contributed by atoms with van der Waals surface area (Å²) < 4.78 is 19.0. The van der Waals surface area contributed by atoms with Gasteiger partial charge in [0.05, 0.1) is 24.7 Å². The average molecular weight is 332 g/mol. The van der Waals surface area contributed by atoms with Gasteiger partial charge in [-0.15, -0.1) is 0 Å². The van der Waals surface area contributed by atoms with Crippen LogP contribution in [-0.2, 0) is 0 Å². The van der Waals surface area contributed by atoms with Crippen LogP contribution in [0.5, 0.6) is 5.88 Å². The first-order valence-corrected chi connectivity index (χ1v) is 8.08. The quantitative estimate of drug-likeness (QED) is 0.844. The first kappa shape index (κ1) is 16.4. The van der Waals surface area contributed by atoms with Crippen LogP contribution in [0.1, 0.15) is 12.8 Å². The van der Waals surface area contributed by atoms with Crippen LogP contribution < -0.4 is 15.0 Å². The number of hydrogen-bond acceptors (Lipinski definition) is 6. The molecule has 128 valence electrons. The maximum Gasteiger partial charge on any atom is 0.234 e. The van der Waals surface area contributed by atoms with E-state index in [4.69, 9.17) is 9.84 Å². The maximum absolute atomic E-state index is 13.7. The highest BCUT2D eigenvalue weighted by atomic mass is 19.1. The van der Waals surface area contributed by atoms with E-state index in [0.717, 1.165) is 31.7 Å². The smallest absolute Gasteiger partial charge is 0.234 e. The molecule has 1 fully saturated rings. The summed E-state index contributed by atoms with van der Waals surface area (Å²) >= 11 is 0. The molecule has 0 aliphatic carbocycles. The second-order valence-corrected chi connectivity index (χ2v) is 5.67. The van der Waals surface area contributed by atoms with E-state index >= 15 is 0 Å². The summed E-state index contributed by atoms with van der Waals surface area (Å²) in [4.78, 5) is 10.7. The number of anilines is 2. The number of aromatic nitrogens is 2. The average Bonchev–Trinajstić information content (AvgIpc) is 2.63. The molecule has 1 aliphatic heterocycles. The molecule has 3 rings (SSSR count). The van der Waals surface area contributed by atoms with Crippen molar-refractivity contribution in [1.29, 1.82) is 0 Å². The number of hydrogen-bond donors (Lipinski definition) is 2. The molecule has 1 aromatic carbocycles. The van der Waals surface area contributed by atoms with Gasteiger partial charge in [0.2, 0.25) is 5.88 Å². The van der Waals surface area contributed by atoms with E-state index in [-0.39, 0.29) is 25.1 Å². The molecule has 1 aliphatic rings. The number of nitrogens with one attached hydrogen (secondary N) is 1. The van der Waals surface area contributed by atoms with Gasteiger partial charge in [-0.2, -0.15) is 4.98 Å². The summed E-state index contributed by atoms with van der Waals surface area (Å²) in [5.74, 6) is 0.947. The van der Waals surface area contributed by atoms with Crippen molar-refractivity contribution in [3.05, 3.63) is 42.5 Å². The predicted molar refractivity (Wildman–Crippen MR) is 89.9 cm³/mol. The van der Waals surface area contributed by atoms with Crippen molar-refractivity contribution < 1.29 is 14.2 Å². The summed E-state index contributed by atoms with van der Waals surface area (Å²) in [6.45, 7) is 1.76. The fourth-order valence-electron chi connectivity index (χ4n) is 2.76. The zero-order valence-electron chi connectivity index (χ0n) is 13.4.